The number of carboxylic acids is 1. The van der Waals surface area contributed by atoms with Gasteiger partial charge in [0.05, 0.1) is 5.92 Å². The van der Waals surface area contributed by atoms with E-state index >= 15 is 0 Å². The second-order valence-electron chi connectivity index (χ2n) is 6.27. The van der Waals surface area contributed by atoms with Crippen LogP contribution in [-0.2, 0) is 9.59 Å². The molecule has 24 heavy (non-hydrogen) atoms. The first-order valence-corrected chi connectivity index (χ1v) is 10.0. The first-order chi connectivity index (χ1) is 11.6. The molecule has 0 aliphatic rings. The van der Waals surface area contributed by atoms with Crippen LogP contribution in [0.4, 0.5) is 0 Å². The number of amides is 1. The minimum absolute atomic E-state index is 0.00976. The molecule has 0 bridgehead atoms. The first kappa shape index (κ1) is 23.0. The molecule has 2 N–H and O–H groups in total. The predicted octanol–water partition coefficient (Wildman–Crippen LogP) is 4.60. The molecule has 1 atom stereocenters. The maximum absolute atomic E-state index is 11.7. The van der Waals surface area contributed by atoms with Crippen molar-refractivity contribution in [2.45, 2.75) is 77.6 Å². The Bertz CT molecular complexity index is 359. The van der Waals surface area contributed by atoms with Crippen molar-refractivity contribution in [2.24, 2.45) is 5.92 Å². The number of thiol groups is 1. The lowest BCUT2D eigenvalue weighted by atomic mass is 10.0. The van der Waals surface area contributed by atoms with Crippen LogP contribution in [0.25, 0.3) is 0 Å². The maximum Gasteiger partial charge on any atom is 0.310 e. The summed E-state index contributed by atoms with van der Waals surface area (Å²) < 4.78 is 0. The number of rotatable bonds is 16. The number of allylic oxidation sites excluding steroid dienone is 1. The van der Waals surface area contributed by atoms with E-state index in [4.69, 9.17) is 0 Å². The van der Waals surface area contributed by atoms with Gasteiger partial charge < -0.3 is 10.4 Å². The molecule has 140 valence electrons. The van der Waals surface area contributed by atoms with E-state index in [-0.39, 0.29) is 12.3 Å². The minimum atomic E-state index is -0.938. The highest BCUT2D eigenvalue weighted by Crippen LogP contribution is 2.11. The fourth-order valence-corrected chi connectivity index (χ4v) is 2.63. The Morgan fingerprint density at radius 3 is 2.25 bits per heavy atom. The molecule has 0 heterocycles. The van der Waals surface area contributed by atoms with E-state index < -0.39 is 11.9 Å². The summed E-state index contributed by atoms with van der Waals surface area (Å²) in [5.74, 6) is -1.16. The van der Waals surface area contributed by atoms with Gasteiger partial charge in [-0.25, -0.2) is 0 Å². The van der Waals surface area contributed by atoms with Gasteiger partial charge in [-0.2, -0.15) is 12.6 Å². The molecule has 0 radical (unpaired) electrons. The second-order valence-corrected chi connectivity index (χ2v) is 6.71. The zero-order valence-corrected chi connectivity index (χ0v) is 16.0. The number of nitrogens with one attached hydrogen (secondary N) is 1. The molecular formula is C19H35NO3S. The molecule has 0 aliphatic heterocycles. The smallest absolute Gasteiger partial charge is 0.310 e. The van der Waals surface area contributed by atoms with E-state index in [9.17, 15) is 14.7 Å². The maximum atomic E-state index is 11.7. The molecule has 0 saturated heterocycles. The second kappa shape index (κ2) is 16.9. The van der Waals surface area contributed by atoms with Crippen molar-refractivity contribution in [1.29, 1.82) is 0 Å². The molecule has 0 saturated carbocycles. The quantitative estimate of drug-likeness (QED) is 0.215. The van der Waals surface area contributed by atoms with Crippen molar-refractivity contribution < 1.29 is 14.7 Å². The van der Waals surface area contributed by atoms with Gasteiger partial charge in [-0.1, -0.05) is 64.0 Å². The van der Waals surface area contributed by atoms with Gasteiger partial charge in [-0.3, -0.25) is 9.59 Å². The highest BCUT2D eigenvalue weighted by Gasteiger charge is 2.17. The van der Waals surface area contributed by atoms with Crippen molar-refractivity contribution in [2.75, 3.05) is 12.3 Å². The lowest BCUT2D eigenvalue weighted by Crippen LogP contribution is -2.28. The van der Waals surface area contributed by atoms with Crippen molar-refractivity contribution >= 4 is 24.5 Å². The van der Waals surface area contributed by atoms with Gasteiger partial charge in [-0.15, -0.1) is 0 Å². The Kier molecular flexibility index (Phi) is 16.2. The van der Waals surface area contributed by atoms with Gasteiger partial charge >= 0.3 is 5.97 Å². The van der Waals surface area contributed by atoms with Crippen LogP contribution in [0.3, 0.4) is 0 Å². The fourth-order valence-electron chi connectivity index (χ4n) is 2.47. The van der Waals surface area contributed by atoms with Crippen LogP contribution in [0, 0.1) is 5.92 Å². The van der Waals surface area contributed by atoms with Gasteiger partial charge in [0, 0.05) is 13.0 Å². The molecule has 0 aromatic heterocycles. The van der Waals surface area contributed by atoms with E-state index in [2.05, 4.69) is 24.9 Å². The van der Waals surface area contributed by atoms with E-state index in [1.165, 1.54) is 44.9 Å². The summed E-state index contributed by atoms with van der Waals surface area (Å²) >= 11 is 4.07. The van der Waals surface area contributed by atoms with E-state index in [1.807, 2.05) is 6.08 Å². The third-order valence-corrected chi connectivity index (χ3v) is 4.29. The predicted molar refractivity (Wildman–Crippen MR) is 104 cm³/mol. The average molecular weight is 358 g/mol. The summed E-state index contributed by atoms with van der Waals surface area (Å²) in [6.07, 6.45) is 15.4. The average Bonchev–Trinajstić information content (AvgIpc) is 2.55. The largest absolute Gasteiger partial charge is 0.481 e. The molecule has 0 rings (SSSR count). The van der Waals surface area contributed by atoms with Gasteiger partial charge in [-0.05, 0) is 25.0 Å². The van der Waals surface area contributed by atoms with Crippen LogP contribution >= 0.6 is 12.6 Å². The number of carbonyl (C=O) groups is 2. The highest BCUT2D eigenvalue weighted by molar-refractivity contribution is 7.80. The molecule has 1 unspecified atom stereocenters. The minimum Gasteiger partial charge on any atom is -0.481 e. The highest BCUT2D eigenvalue weighted by atomic mass is 32.1. The third kappa shape index (κ3) is 14.6. The summed E-state index contributed by atoms with van der Waals surface area (Å²) in [5, 5.41) is 11.9. The zero-order valence-electron chi connectivity index (χ0n) is 15.1. The number of aliphatic carboxylic acids is 1. The van der Waals surface area contributed by atoms with E-state index in [0.29, 0.717) is 12.3 Å². The number of carboxylic acid groups (broad SMARTS) is 1. The van der Waals surface area contributed by atoms with Crippen molar-refractivity contribution in [3.63, 3.8) is 0 Å². The lowest BCUT2D eigenvalue weighted by Gasteiger charge is -2.08. The van der Waals surface area contributed by atoms with Gasteiger partial charge in [0.25, 0.3) is 0 Å². The van der Waals surface area contributed by atoms with Crippen LogP contribution in [0.1, 0.15) is 77.6 Å². The number of unbranched alkanes of at least 4 members (excludes halogenated alkanes) is 8. The summed E-state index contributed by atoms with van der Waals surface area (Å²) in [4.78, 5) is 22.9. The number of hydrogen-bond donors (Lipinski definition) is 3. The van der Waals surface area contributed by atoms with Gasteiger partial charge in [0.1, 0.15) is 0 Å². The fraction of sp³-hybridized carbons (Fsp3) is 0.789. The Morgan fingerprint density at radius 2 is 1.67 bits per heavy atom. The third-order valence-electron chi connectivity index (χ3n) is 3.97. The van der Waals surface area contributed by atoms with E-state index in [0.717, 1.165) is 19.3 Å². The summed E-state index contributed by atoms with van der Waals surface area (Å²) in [7, 11) is 0. The lowest BCUT2D eigenvalue weighted by molar-refractivity contribution is -0.142. The Morgan fingerprint density at radius 1 is 1.04 bits per heavy atom. The van der Waals surface area contributed by atoms with Crippen molar-refractivity contribution in [3.8, 4) is 0 Å². The summed E-state index contributed by atoms with van der Waals surface area (Å²) in [6, 6.07) is 0. The molecule has 4 nitrogen and oxygen atoms in total. The molecule has 0 aliphatic carbocycles. The monoisotopic (exact) mass is 357 g/mol. The normalized spacial score (nSPS) is 12.4. The topological polar surface area (TPSA) is 66.4 Å². The summed E-state index contributed by atoms with van der Waals surface area (Å²) in [5.41, 5.74) is 0. The zero-order chi connectivity index (χ0) is 18.0. The van der Waals surface area contributed by atoms with Gasteiger partial charge in [0.2, 0.25) is 5.91 Å². The molecule has 1 amide bonds. The van der Waals surface area contributed by atoms with Crippen LogP contribution in [0.5, 0.6) is 0 Å². The molecule has 0 fully saturated rings. The van der Waals surface area contributed by atoms with Gasteiger partial charge in [0.15, 0.2) is 0 Å². The Labute approximate surface area is 152 Å². The Balaban J connectivity index is 3.80. The van der Waals surface area contributed by atoms with E-state index in [1.54, 1.807) is 6.08 Å². The molecule has 0 spiro atoms. The van der Waals surface area contributed by atoms with Crippen molar-refractivity contribution in [1.82, 2.24) is 5.32 Å². The Hall–Kier alpha value is -0.970. The molecule has 5 heteroatoms. The molecule has 0 aromatic rings. The first-order valence-electron chi connectivity index (χ1n) is 9.38. The SMILES string of the molecule is CCCCCCCCCCC=CC(CC(=O)NCCCS)C(=O)O. The summed E-state index contributed by atoms with van der Waals surface area (Å²) in [6.45, 7) is 2.78. The number of carbonyl (C=O) groups excluding carboxylic acids is 1. The standard InChI is InChI=1S/C19H35NO3S/c1-2-3-4-5-6-7-8-9-10-11-13-17(19(22)23)16-18(21)20-14-12-15-24/h11,13,17,24H,2-10,12,14-16H2,1H3,(H,20,21)(H,22,23). The van der Waals surface area contributed by atoms with Crippen LogP contribution in [0.2, 0.25) is 0 Å². The van der Waals surface area contributed by atoms with Crippen LogP contribution in [-0.4, -0.2) is 29.3 Å². The molecule has 0 aromatic carbocycles. The van der Waals surface area contributed by atoms with Crippen molar-refractivity contribution in [3.05, 3.63) is 12.2 Å². The van der Waals surface area contributed by atoms with Crippen LogP contribution < -0.4 is 5.32 Å². The van der Waals surface area contributed by atoms with Crippen LogP contribution in [0.15, 0.2) is 12.2 Å². The number of hydrogen-bond acceptors (Lipinski definition) is 3. The molecular weight excluding hydrogens is 322 g/mol.